The van der Waals surface area contributed by atoms with Crippen LogP contribution in [0.25, 0.3) is 16.9 Å². The number of pyridine rings is 1. The maximum atomic E-state index is 13.5. The fraction of sp³-hybridized carbons (Fsp3) is 0.474. The summed E-state index contributed by atoms with van der Waals surface area (Å²) in [7, 11) is 0. The molecule has 3 saturated heterocycles. The normalized spacial score (nSPS) is 23.0. The van der Waals surface area contributed by atoms with Gasteiger partial charge >= 0.3 is 0 Å². The molecular weight excluding hydrogens is 787 g/mol. The lowest BCUT2D eigenvalue weighted by atomic mass is 9.93. The quantitative estimate of drug-likeness (QED) is 0.0936. The number of carbonyl (C=O) groups is 2. The van der Waals surface area contributed by atoms with E-state index in [0.717, 1.165) is 82.0 Å². The SMILES string of the molecule is C=CCn1c(=O)c2cnc(Nc3ccc(N4CCN(CC5CCN(C6CCC(=O)NC6=O)CC5)CC4)cc3)nc2n1-c1ccc2c(n1)[C@@](O)(CI)CC2. The number of nitrogens with zero attached hydrogens (tertiary/aromatic N) is 8. The van der Waals surface area contributed by atoms with Crippen LogP contribution >= 0.6 is 22.6 Å². The Hall–Kier alpha value is -4.19. The van der Waals surface area contributed by atoms with Crippen LogP contribution < -0.4 is 21.1 Å². The molecule has 4 aliphatic rings. The Kier molecular flexibility index (Phi) is 10.1. The number of likely N-dealkylation sites (tertiary alicyclic amines) is 1. The largest absolute Gasteiger partial charge is 0.383 e. The van der Waals surface area contributed by atoms with E-state index < -0.39 is 5.60 Å². The average Bonchev–Trinajstić information content (AvgIpc) is 3.65. The van der Waals surface area contributed by atoms with Crippen LogP contribution in [-0.2, 0) is 28.2 Å². The number of imide groups is 1. The predicted molar refractivity (Wildman–Crippen MR) is 211 cm³/mol. The summed E-state index contributed by atoms with van der Waals surface area (Å²) < 4.78 is 3.78. The van der Waals surface area contributed by atoms with Crippen LogP contribution in [0.3, 0.4) is 0 Å². The van der Waals surface area contributed by atoms with E-state index in [0.29, 0.717) is 58.1 Å². The van der Waals surface area contributed by atoms with Crippen LogP contribution in [0.5, 0.6) is 0 Å². The molecule has 3 N–H and O–H groups in total. The van der Waals surface area contributed by atoms with E-state index in [2.05, 4.69) is 71.6 Å². The molecule has 8 rings (SSSR count). The maximum absolute atomic E-state index is 13.5. The number of fused-ring (bicyclic) bond motifs is 2. The van der Waals surface area contributed by atoms with Crippen molar-refractivity contribution < 1.29 is 14.7 Å². The van der Waals surface area contributed by atoms with Gasteiger partial charge in [-0.25, -0.2) is 19.3 Å². The van der Waals surface area contributed by atoms with Crippen molar-refractivity contribution in [2.75, 3.05) is 60.5 Å². The summed E-state index contributed by atoms with van der Waals surface area (Å²) in [6, 6.07) is 12.0. The molecule has 3 aliphatic heterocycles. The second kappa shape index (κ2) is 14.9. The summed E-state index contributed by atoms with van der Waals surface area (Å²) in [4.78, 5) is 58.7. The van der Waals surface area contributed by atoms with Crippen molar-refractivity contribution in [2.45, 2.75) is 56.7 Å². The van der Waals surface area contributed by atoms with Gasteiger partial charge in [-0.15, -0.1) is 6.58 Å². The number of nitrogens with one attached hydrogen (secondary N) is 2. The number of piperazine rings is 1. The van der Waals surface area contributed by atoms with Crippen LogP contribution in [0.4, 0.5) is 17.3 Å². The fourth-order valence-electron chi connectivity index (χ4n) is 8.32. The smallest absolute Gasteiger partial charge is 0.278 e. The Bertz CT molecular complexity index is 2080. The second-order valence-electron chi connectivity index (χ2n) is 14.7. The number of carbonyl (C=O) groups excluding carboxylic acids is 2. The van der Waals surface area contributed by atoms with Gasteiger partial charge in [0, 0.05) is 61.1 Å². The number of benzene rings is 1. The van der Waals surface area contributed by atoms with Gasteiger partial charge in [-0.2, -0.15) is 4.98 Å². The first-order valence-electron chi connectivity index (χ1n) is 18.5. The first-order valence-corrected chi connectivity index (χ1v) is 20.1. The predicted octanol–water partition coefficient (Wildman–Crippen LogP) is 3.11. The van der Waals surface area contributed by atoms with Crippen molar-refractivity contribution in [1.82, 2.24) is 39.4 Å². The third-order valence-electron chi connectivity index (χ3n) is 11.3. The number of aliphatic hydroxyl groups is 1. The molecule has 15 heteroatoms. The summed E-state index contributed by atoms with van der Waals surface area (Å²) in [6.07, 6.45) is 7.81. The van der Waals surface area contributed by atoms with Gasteiger partial charge in [0.1, 0.15) is 11.0 Å². The highest BCUT2D eigenvalue weighted by atomic mass is 127. The Morgan fingerprint density at radius 1 is 0.981 bits per heavy atom. The highest BCUT2D eigenvalue weighted by Crippen LogP contribution is 2.37. The summed E-state index contributed by atoms with van der Waals surface area (Å²) in [6.45, 7) is 10.9. The van der Waals surface area contributed by atoms with E-state index in [1.165, 1.54) is 0 Å². The molecule has 6 heterocycles. The molecule has 0 spiro atoms. The number of rotatable bonds is 10. The Morgan fingerprint density at radius 2 is 1.75 bits per heavy atom. The zero-order chi connectivity index (χ0) is 36.7. The molecule has 4 aromatic rings. The van der Waals surface area contributed by atoms with Crippen molar-refractivity contribution in [2.24, 2.45) is 5.92 Å². The van der Waals surface area contributed by atoms with Crippen molar-refractivity contribution in [3.05, 3.63) is 76.9 Å². The standard InChI is InChI=1S/C38H45IN10O4/c1-2-15-48-36(52)29-22-40-37(44-34(29)49(48)31-9-3-26-11-14-38(53,24-39)33(26)42-31)41-27-4-6-28(7-5-27)46-20-18-45(19-21-46)23-25-12-16-47(17-13-25)30-8-10-32(50)43-35(30)51/h2-7,9,22,25,30,53H,1,8,10-21,23-24H2,(H,40,41,44)(H,43,50,51)/t30?,38-/m0/s1. The number of alkyl halides is 1. The first-order chi connectivity index (χ1) is 25.7. The number of halogens is 1. The Balaban J connectivity index is 0.900. The number of aryl methyl sites for hydroxylation is 1. The van der Waals surface area contributed by atoms with Crippen LogP contribution in [0, 0.1) is 5.92 Å². The van der Waals surface area contributed by atoms with Gasteiger partial charge in [0.25, 0.3) is 5.56 Å². The van der Waals surface area contributed by atoms with E-state index in [9.17, 15) is 19.5 Å². The maximum Gasteiger partial charge on any atom is 0.278 e. The molecule has 14 nitrogen and oxygen atoms in total. The van der Waals surface area contributed by atoms with E-state index in [4.69, 9.17) is 9.97 Å². The minimum atomic E-state index is -1.000. The van der Waals surface area contributed by atoms with Crippen LogP contribution in [0.15, 0.2) is 60.0 Å². The number of allylic oxidation sites excluding steroid dienone is 1. The number of hydrogen-bond acceptors (Lipinski definition) is 11. The van der Waals surface area contributed by atoms with E-state index >= 15 is 0 Å². The molecular formula is C38H45IN10O4. The van der Waals surface area contributed by atoms with Gasteiger partial charge in [0.05, 0.1) is 18.3 Å². The molecule has 3 fully saturated rings. The van der Waals surface area contributed by atoms with Gasteiger partial charge in [-0.1, -0.05) is 34.7 Å². The second-order valence-corrected chi connectivity index (χ2v) is 15.4. The van der Waals surface area contributed by atoms with Crippen LogP contribution in [-0.4, -0.2) is 107 Å². The summed E-state index contributed by atoms with van der Waals surface area (Å²) >= 11 is 2.20. The van der Waals surface area contributed by atoms with Gasteiger partial charge in [0.15, 0.2) is 11.5 Å². The number of anilines is 3. The third-order valence-corrected chi connectivity index (χ3v) is 12.6. The minimum Gasteiger partial charge on any atom is -0.383 e. The number of hydrogen-bond donors (Lipinski definition) is 3. The van der Waals surface area contributed by atoms with Gasteiger partial charge in [-0.3, -0.25) is 29.5 Å². The molecule has 0 radical (unpaired) electrons. The molecule has 278 valence electrons. The zero-order valence-corrected chi connectivity index (χ0v) is 31.9. The molecule has 3 aromatic heterocycles. The average molecular weight is 833 g/mol. The highest BCUT2D eigenvalue weighted by Gasteiger charge is 2.38. The molecule has 1 aliphatic carbocycles. The van der Waals surface area contributed by atoms with E-state index in [-0.39, 0.29) is 30.0 Å². The van der Waals surface area contributed by atoms with Crippen molar-refractivity contribution in [3.63, 3.8) is 0 Å². The monoisotopic (exact) mass is 832 g/mol. The highest BCUT2D eigenvalue weighted by molar-refractivity contribution is 14.1. The summed E-state index contributed by atoms with van der Waals surface area (Å²) in [5.74, 6) is 1.20. The first kappa shape index (κ1) is 35.8. The summed E-state index contributed by atoms with van der Waals surface area (Å²) in [5.41, 5.74) is 2.85. The Morgan fingerprint density at radius 3 is 2.47 bits per heavy atom. The van der Waals surface area contributed by atoms with Crippen molar-refractivity contribution in [3.8, 4) is 5.82 Å². The lowest BCUT2D eigenvalue weighted by Gasteiger charge is -2.41. The molecule has 1 unspecified atom stereocenters. The zero-order valence-electron chi connectivity index (χ0n) is 29.7. The molecule has 0 saturated carbocycles. The number of aromatic nitrogens is 5. The van der Waals surface area contributed by atoms with E-state index in [1.807, 2.05) is 24.3 Å². The van der Waals surface area contributed by atoms with Gasteiger partial charge < -0.3 is 15.3 Å². The third kappa shape index (κ3) is 7.11. The number of piperidine rings is 2. The number of amides is 2. The lowest BCUT2D eigenvalue weighted by Crippen LogP contribution is -2.55. The van der Waals surface area contributed by atoms with Gasteiger partial charge in [0.2, 0.25) is 17.8 Å². The topological polar surface area (TPSA) is 154 Å². The van der Waals surface area contributed by atoms with Crippen molar-refractivity contribution >= 4 is 62.8 Å². The Labute approximate surface area is 321 Å². The van der Waals surface area contributed by atoms with Crippen LogP contribution in [0.2, 0.25) is 0 Å². The minimum absolute atomic E-state index is 0.132. The molecule has 2 amide bonds. The molecule has 1 aromatic carbocycles. The van der Waals surface area contributed by atoms with Crippen molar-refractivity contribution in [1.29, 1.82) is 0 Å². The van der Waals surface area contributed by atoms with E-state index in [1.54, 1.807) is 21.6 Å². The summed E-state index contributed by atoms with van der Waals surface area (Å²) in [5, 5.41) is 17.4. The molecule has 2 atom stereocenters. The molecule has 0 bridgehead atoms. The van der Waals surface area contributed by atoms with Crippen LogP contribution in [0.1, 0.15) is 43.4 Å². The molecule has 53 heavy (non-hydrogen) atoms. The lowest BCUT2D eigenvalue weighted by molar-refractivity contribution is -0.138. The van der Waals surface area contributed by atoms with Gasteiger partial charge in [-0.05, 0) is 87.0 Å². The fourth-order valence-corrected chi connectivity index (χ4v) is 9.06.